The molecule has 2 heterocycles. The van der Waals surface area contributed by atoms with Crippen molar-refractivity contribution in [2.75, 3.05) is 32.7 Å². The fourth-order valence-electron chi connectivity index (χ4n) is 3.57. The number of hydrogen-bond donors (Lipinski definition) is 1. The van der Waals surface area contributed by atoms with E-state index in [2.05, 4.69) is 46.7 Å². The van der Waals surface area contributed by atoms with Crippen LogP contribution in [0.1, 0.15) is 24.8 Å². The topological polar surface area (TPSA) is 32.5 Å². The van der Waals surface area contributed by atoms with E-state index in [1.807, 2.05) is 0 Å². The number of rotatable bonds is 4. The maximum absolute atomic E-state index is 6.00. The molecule has 0 aromatic heterocycles. The Balaban J connectivity index is 1.50. The normalized spacial score (nSPS) is 25.3. The smallest absolute Gasteiger partial charge is 0.0235 e. The monoisotopic (exact) mass is 285 g/mol. The molecule has 2 aliphatic heterocycles. The summed E-state index contributed by atoms with van der Waals surface area (Å²) in [5, 5.41) is 0. The van der Waals surface area contributed by atoms with Crippen molar-refractivity contribution in [1.29, 1.82) is 0 Å². The van der Waals surface area contributed by atoms with Crippen LogP contribution in [0.3, 0.4) is 0 Å². The second kappa shape index (κ2) is 6.73. The Bertz CT molecular complexity index is 463. The molecule has 2 fully saturated rings. The largest absolute Gasteiger partial charge is 0.328 e. The molecule has 1 aromatic carbocycles. The van der Waals surface area contributed by atoms with Gasteiger partial charge in [-0.1, -0.05) is 36.9 Å². The Labute approximate surface area is 128 Å². The average Bonchev–Trinajstić information content (AvgIpc) is 2.97. The van der Waals surface area contributed by atoms with Gasteiger partial charge in [-0.05, 0) is 43.5 Å². The highest BCUT2D eigenvalue weighted by molar-refractivity contribution is 5.64. The minimum absolute atomic E-state index is 0.427. The molecule has 0 bridgehead atoms. The molecule has 3 heteroatoms. The minimum Gasteiger partial charge on any atom is -0.328 e. The van der Waals surface area contributed by atoms with E-state index in [9.17, 15) is 0 Å². The molecule has 2 saturated heterocycles. The summed E-state index contributed by atoms with van der Waals surface area (Å²) in [5.74, 6) is 0. The molecule has 2 N–H and O–H groups in total. The number of nitrogens with zero attached hydrogens (tertiary/aromatic N) is 2. The van der Waals surface area contributed by atoms with Gasteiger partial charge in [0.2, 0.25) is 0 Å². The molecule has 0 amide bonds. The van der Waals surface area contributed by atoms with Crippen LogP contribution in [0.5, 0.6) is 0 Å². The second-order valence-corrected chi connectivity index (χ2v) is 6.52. The van der Waals surface area contributed by atoms with Crippen LogP contribution in [0.15, 0.2) is 36.9 Å². The van der Waals surface area contributed by atoms with Gasteiger partial charge in [0.25, 0.3) is 0 Å². The zero-order chi connectivity index (χ0) is 14.7. The summed E-state index contributed by atoms with van der Waals surface area (Å²) in [6, 6.07) is 11.7. The third kappa shape index (κ3) is 3.73. The first-order chi connectivity index (χ1) is 10.2. The lowest BCUT2D eigenvalue weighted by Gasteiger charge is -2.34. The van der Waals surface area contributed by atoms with Crippen LogP contribution in [-0.2, 0) is 0 Å². The predicted octanol–water partition coefficient (Wildman–Crippen LogP) is 2.20. The average molecular weight is 285 g/mol. The van der Waals surface area contributed by atoms with Crippen molar-refractivity contribution in [3.05, 3.63) is 42.5 Å². The highest BCUT2D eigenvalue weighted by Gasteiger charge is 2.29. The molecule has 0 radical (unpaired) electrons. The van der Waals surface area contributed by atoms with Crippen molar-refractivity contribution < 1.29 is 0 Å². The molecule has 3 rings (SSSR count). The molecule has 114 valence electrons. The highest BCUT2D eigenvalue weighted by atomic mass is 15.3. The number of likely N-dealkylation sites (tertiary alicyclic amines) is 2. The number of piperidine rings is 1. The second-order valence-electron chi connectivity index (χ2n) is 6.52. The predicted molar refractivity (Wildman–Crippen MR) is 89.1 cm³/mol. The van der Waals surface area contributed by atoms with Gasteiger partial charge in [0.1, 0.15) is 0 Å². The van der Waals surface area contributed by atoms with Crippen molar-refractivity contribution in [3.63, 3.8) is 0 Å². The van der Waals surface area contributed by atoms with Crippen molar-refractivity contribution >= 4 is 5.57 Å². The first-order valence-electron chi connectivity index (χ1n) is 8.17. The summed E-state index contributed by atoms with van der Waals surface area (Å²) in [4.78, 5) is 5.20. The fraction of sp³-hybridized carbons (Fsp3) is 0.556. The molecule has 0 saturated carbocycles. The first-order valence-corrected chi connectivity index (χ1v) is 8.17. The van der Waals surface area contributed by atoms with Gasteiger partial charge in [0.15, 0.2) is 0 Å². The van der Waals surface area contributed by atoms with E-state index >= 15 is 0 Å². The van der Waals surface area contributed by atoms with E-state index in [1.165, 1.54) is 43.7 Å². The number of benzene rings is 1. The van der Waals surface area contributed by atoms with Crippen LogP contribution in [-0.4, -0.2) is 54.6 Å². The van der Waals surface area contributed by atoms with E-state index in [0.29, 0.717) is 6.04 Å². The molecular formula is C18H27N3. The van der Waals surface area contributed by atoms with Crippen molar-refractivity contribution in [1.82, 2.24) is 9.80 Å². The number of hydrogen-bond acceptors (Lipinski definition) is 3. The van der Waals surface area contributed by atoms with Crippen molar-refractivity contribution in [3.8, 4) is 0 Å². The third-order valence-corrected chi connectivity index (χ3v) is 4.93. The van der Waals surface area contributed by atoms with Gasteiger partial charge < -0.3 is 5.73 Å². The van der Waals surface area contributed by atoms with Gasteiger partial charge in [0.05, 0.1) is 0 Å². The Hall–Kier alpha value is -1.16. The highest BCUT2D eigenvalue weighted by Crippen LogP contribution is 2.22. The molecule has 0 aliphatic carbocycles. The SMILES string of the molecule is C=C(CN1CCC(N2CCC(N)CC2)C1)c1ccccc1. The number of nitrogens with two attached hydrogens (primary N) is 1. The van der Waals surface area contributed by atoms with Crippen molar-refractivity contribution in [2.45, 2.75) is 31.3 Å². The van der Waals surface area contributed by atoms with Gasteiger partial charge >= 0.3 is 0 Å². The van der Waals surface area contributed by atoms with Gasteiger partial charge in [-0.3, -0.25) is 9.80 Å². The third-order valence-electron chi connectivity index (χ3n) is 4.93. The minimum atomic E-state index is 0.427. The molecule has 1 aromatic rings. The quantitative estimate of drug-likeness (QED) is 0.920. The van der Waals surface area contributed by atoms with E-state index in [-0.39, 0.29) is 0 Å². The zero-order valence-corrected chi connectivity index (χ0v) is 12.9. The van der Waals surface area contributed by atoms with Crippen LogP contribution in [0.2, 0.25) is 0 Å². The summed E-state index contributed by atoms with van der Waals surface area (Å²) in [6.45, 7) is 9.99. The maximum atomic E-state index is 6.00. The lowest BCUT2D eigenvalue weighted by Crippen LogP contribution is -2.46. The molecule has 0 spiro atoms. The lowest BCUT2D eigenvalue weighted by atomic mass is 10.0. The maximum Gasteiger partial charge on any atom is 0.0235 e. The van der Waals surface area contributed by atoms with Crippen LogP contribution in [0.25, 0.3) is 5.57 Å². The van der Waals surface area contributed by atoms with Crippen LogP contribution >= 0.6 is 0 Å². The Morgan fingerprint density at radius 2 is 1.81 bits per heavy atom. The zero-order valence-electron chi connectivity index (χ0n) is 12.9. The molecule has 1 atom stereocenters. The molecule has 21 heavy (non-hydrogen) atoms. The standard InChI is InChI=1S/C18H27N3/c1-15(16-5-3-2-4-6-16)13-20-10-9-18(14-20)21-11-7-17(19)8-12-21/h2-6,17-18H,1,7-14,19H2. The molecule has 2 aliphatic rings. The van der Waals surface area contributed by atoms with E-state index in [1.54, 1.807) is 0 Å². The lowest BCUT2D eigenvalue weighted by molar-refractivity contribution is 0.154. The summed E-state index contributed by atoms with van der Waals surface area (Å²) < 4.78 is 0. The fourth-order valence-corrected chi connectivity index (χ4v) is 3.57. The van der Waals surface area contributed by atoms with Gasteiger partial charge in [-0.15, -0.1) is 0 Å². The van der Waals surface area contributed by atoms with Crippen LogP contribution in [0, 0.1) is 0 Å². The van der Waals surface area contributed by atoms with Crippen molar-refractivity contribution in [2.24, 2.45) is 5.73 Å². The van der Waals surface area contributed by atoms with E-state index in [4.69, 9.17) is 5.73 Å². The molecule has 1 unspecified atom stereocenters. The van der Waals surface area contributed by atoms with Gasteiger partial charge in [-0.25, -0.2) is 0 Å². The summed E-state index contributed by atoms with van der Waals surface area (Å²) in [5.41, 5.74) is 8.51. The molecule has 3 nitrogen and oxygen atoms in total. The van der Waals surface area contributed by atoms with Gasteiger partial charge in [-0.2, -0.15) is 0 Å². The summed E-state index contributed by atoms with van der Waals surface area (Å²) >= 11 is 0. The Morgan fingerprint density at radius 3 is 2.52 bits per heavy atom. The van der Waals surface area contributed by atoms with Gasteiger partial charge in [0, 0.05) is 31.7 Å². The summed E-state index contributed by atoms with van der Waals surface area (Å²) in [6.07, 6.45) is 3.61. The Kier molecular flexibility index (Phi) is 4.73. The Morgan fingerprint density at radius 1 is 1.10 bits per heavy atom. The first kappa shape index (κ1) is 14.8. The molecular weight excluding hydrogens is 258 g/mol. The van der Waals surface area contributed by atoms with Crippen LogP contribution in [0.4, 0.5) is 0 Å². The summed E-state index contributed by atoms with van der Waals surface area (Å²) in [7, 11) is 0. The van der Waals surface area contributed by atoms with Crippen LogP contribution < -0.4 is 5.73 Å². The van der Waals surface area contributed by atoms with E-state index < -0.39 is 0 Å². The van der Waals surface area contributed by atoms with E-state index in [0.717, 1.165) is 25.4 Å².